The Morgan fingerprint density at radius 3 is 2.35 bits per heavy atom. The molecule has 0 fully saturated rings. The van der Waals surface area contributed by atoms with E-state index in [9.17, 15) is 8.42 Å². The van der Waals surface area contributed by atoms with E-state index in [1.165, 1.54) is 18.4 Å². The smallest absolute Gasteiger partial charge is 0.242 e. The second kappa shape index (κ2) is 7.57. The first kappa shape index (κ1) is 16.9. The van der Waals surface area contributed by atoms with Gasteiger partial charge in [-0.25, -0.2) is 12.7 Å². The zero-order chi connectivity index (χ0) is 15.2. The van der Waals surface area contributed by atoms with Crippen molar-refractivity contribution in [3.05, 3.63) is 42.0 Å². The Kier molecular flexibility index (Phi) is 6.39. The minimum atomic E-state index is -3.34. The highest BCUT2D eigenvalue weighted by atomic mass is 32.2. The van der Waals surface area contributed by atoms with Gasteiger partial charge in [0, 0.05) is 20.1 Å². The van der Waals surface area contributed by atoms with Crippen molar-refractivity contribution in [1.29, 1.82) is 0 Å². The summed E-state index contributed by atoms with van der Waals surface area (Å²) >= 11 is 0. The molecule has 0 aliphatic rings. The van der Waals surface area contributed by atoms with Crippen LogP contribution >= 0.6 is 0 Å². The number of nitrogens with one attached hydrogen (secondary N) is 1. The van der Waals surface area contributed by atoms with Crippen molar-refractivity contribution < 1.29 is 8.42 Å². The molecule has 20 heavy (non-hydrogen) atoms. The van der Waals surface area contributed by atoms with Gasteiger partial charge in [0.1, 0.15) is 0 Å². The molecule has 0 heterocycles. The zero-order valence-electron chi connectivity index (χ0n) is 12.6. The molecule has 0 saturated heterocycles. The standard InChI is InChI=1S/C15H24N2O2S/c1-5-6-7-12-16-13(2)14-8-10-15(11-9-14)20(18,19)17(3)4/h5-6,8-11,13,16H,7,12H2,1-4H3/b6-5+. The van der Waals surface area contributed by atoms with Crippen molar-refractivity contribution in [3.63, 3.8) is 0 Å². The van der Waals surface area contributed by atoms with Crippen LogP contribution in [0.2, 0.25) is 0 Å². The lowest BCUT2D eigenvalue weighted by Crippen LogP contribution is -2.22. The molecular formula is C15H24N2O2S. The Morgan fingerprint density at radius 2 is 1.85 bits per heavy atom. The van der Waals surface area contributed by atoms with Gasteiger partial charge in [0.15, 0.2) is 0 Å². The number of hydrogen-bond donors (Lipinski definition) is 1. The predicted molar refractivity (Wildman–Crippen MR) is 83.2 cm³/mol. The Hall–Kier alpha value is -1.17. The van der Waals surface area contributed by atoms with Crippen LogP contribution in [0.15, 0.2) is 41.3 Å². The second-order valence-corrected chi connectivity index (χ2v) is 7.04. The highest BCUT2D eigenvalue weighted by Gasteiger charge is 2.17. The molecule has 5 heteroatoms. The Bertz CT molecular complexity index is 533. The number of sulfonamides is 1. The Morgan fingerprint density at radius 1 is 1.25 bits per heavy atom. The molecule has 0 aliphatic carbocycles. The number of allylic oxidation sites excluding steroid dienone is 1. The minimum absolute atomic E-state index is 0.205. The van der Waals surface area contributed by atoms with Gasteiger partial charge in [0.25, 0.3) is 0 Å². The van der Waals surface area contributed by atoms with E-state index in [0.29, 0.717) is 4.90 Å². The fourth-order valence-corrected chi connectivity index (χ4v) is 2.71. The first-order chi connectivity index (χ1) is 9.39. The van der Waals surface area contributed by atoms with Gasteiger partial charge in [-0.1, -0.05) is 24.3 Å². The maximum absolute atomic E-state index is 12.0. The fraction of sp³-hybridized carbons (Fsp3) is 0.467. The molecule has 1 rings (SSSR count). The molecule has 0 bridgehead atoms. The molecule has 1 N–H and O–H groups in total. The summed E-state index contributed by atoms with van der Waals surface area (Å²) in [5, 5.41) is 3.40. The lowest BCUT2D eigenvalue weighted by atomic mass is 10.1. The number of nitrogens with zero attached hydrogens (tertiary/aromatic N) is 1. The molecule has 0 saturated carbocycles. The molecule has 1 atom stereocenters. The normalized spacial score (nSPS) is 14.1. The van der Waals surface area contributed by atoms with Crippen LogP contribution in [0, 0.1) is 0 Å². The molecular weight excluding hydrogens is 272 g/mol. The monoisotopic (exact) mass is 296 g/mol. The zero-order valence-corrected chi connectivity index (χ0v) is 13.4. The lowest BCUT2D eigenvalue weighted by Gasteiger charge is -2.15. The summed E-state index contributed by atoms with van der Waals surface area (Å²) < 4.78 is 25.1. The first-order valence-corrected chi connectivity index (χ1v) is 8.20. The molecule has 4 nitrogen and oxygen atoms in total. The van der Waals surface area contributed by atoms with Crippen molar-refractivity contribution >= 4 is 10.0 Å². The fourth-order valence-electron chi connectivity index (χ4n) is 1.81. The van der Waals surface area contributed by atoms with Crippen LogP contribution < -0.4 is 5.32 Å². The Balaban J connectivity index is 2.71. The summed E-state index contributed by atoms with van der Waals surface area (Å²) in [6, 6.07) is 7.26. The van der Waals surface area contributed by atoms with Gasteiger partial charge in [-0.05, 0) is 44.5 Å². The van der Waals surface area contributed by atoms with Crippen molar-refractivity contribution in [1.82, 2.24) is 9.62 Å². The van der Waals surface area contributed by atoms with Crippen LogP contribution in [0.3, 0.4) is 0 Å². The lowest BCUT2D eigenvalue weighted by molar-refractivity contribution is 0.520. The molecule has 112 valence electrons. The van der Waals surface area contributed by atoms with Crippen molar-refractivity contribution in [3.8, 4) is 0 Å². The van der Waals surface area contributed by atoms with Crippen LogP contribution in [0.1, 0.15) is 31.9 Å². The molecule has 0 aliphatic heterocycles. The average molecular weight is 296 g/mol. The summed E-state index contributed by atoms with van der Waals surface area (Å²) in [7, 11) is -0.267. The van der Waals surface area contributed by atoms with Crippen molar-refractivity contribution in [2.24, 2.45) is 0 Å². The third-order valence-electron chi connectivity index (χ3n) is 3.16. The summed E-state index contributed by atoms with van der Waals surface area (Å²) in [5.41, 5.74) is 1.09. The van der Waals surface area contributed by atoms with Gasteiger partial charge in [-0.3, -0.25) is 0 Å². The molecule has 1 unspecified atom stereocenters. The van der Waals surface area contributed by atoms with Crippen LogP contribution in [-0.4, -0.2) is 33.4 Å². The predicted octanol–water partition coefficient (Wildman–Crippen LogP) is 2.55. The van der Waals surface area contributed by atoms with E-state index in [1.807, 2.05) is 25.1 Å². The third-order valence-corrected chi connectivity index (χ3v) is 4.99. The molecule has 0 aromatic heterocycles. The van der Waals surface area contributed by atoms with Gasteiger partial charge < -0.3 is 5.32 Å². The van der Waals surface area contributed by atoms with Crippen LogP contribution in [0.25, 0.3) is 0 Å². The van der Waals surface area contributed by atoms with Crippen LogP contribution in [0.4, 0.5) is 0 Å². The summed E-state index contributed by atoms with van der Waals surface area (Å²) in [6.45, 7) is 4.99. The highest BCUT2D eigenvalue weighted by molar-refractivity contribution is 7.89. The van der Waals surface area contributed by atoms with Gasteiger partial charge in [-0.15, -0.1) is 0 Å². The molecule has 0 amide bonds. The maximum atomic E-state index is 12.0. The summed E-state index contributed by atoms with van der Waals surface area (Å²) in [4.78, 5) is 0.326. The van der Waals surface area contributed by atoms with Gasteiger partial charge in [0.2, 0.25) is 10.0 Å². The molecule has 0 radical (unpaired) electrons. The minimum Gasteiger partial charge on any atom is -0.310 e. The first-order valence-electron chi connectivity index (χ1n) is 6.76. The quantitative estimate of drug-likeness (QED) is 0.621. The molecule has 1 aromatic carbocycles. The van der Waals surface area contributed by atoms with Gasteiger partial charge in [-0.2, -0.15) is 0 Å². The van der Waals surface area contributed by atoms with E-state index < -0.39 is 10.0 Å². The molecule has 1 aromatic rings. The van der Waals surface area contributed by atoms with Crippen molar-refractivity contribution in [2.45, 2.75) is 31.2 Å². The highest BCUT2D eigenvalue weighted by Crippen LogP contribution is 2.18. The van der Waals surface area contributed by atoms with E-state index in [0.717, 1.165) is 18.5 Å². The summed E-state index contributed by atoms with van der Waals surface area (Å²) in [5.74, 6) is 0. The number of benzene rings is 1. The Labute approximate surface area is 122 Å². The average Bonchev–Trinajstić information content (AvgIpc) is 2.43. The number of hydrogen-bond acceptors (Lipinski definition) is 3. The summed E-state index contributed by atoms with van der Waals surface area (Å²) in [6.07, 6.45) is 5.15. The second-order valence-electron chi connectivity index (χ2n) is 4.89. The van der Waals surface area contributed by atoms with E-state index in [-0.39, 0.29) is 6.04 Å². The van der Waals surface area contributed by atoms with Crippen LogP contribution in [0.5, 0.6) is 0 Å². The SMILES string of the molecule is C/C=C/CCNC(C)c1ccc(S(=O)(=O)N(C)C)cc1. The van der Waals surface area contributed by atoms with Crippen molar-refractivity contribution in [2.75, 3.05) is 20.6 Å². The van der Waals surface area contributed by atoms with E-state index in [1.54, 1.807) is 12.1 Å². The van der Waals surface area contributed by atoms with E-state index in [2.05, 4.69) is 18.3 Å². The molecule has 0 spiro atoms. The van der Waals surface area contributed by atoms with Crippen LogP contribution in [-0.2, 0) is 10.0 Å². The number of rotatable bonds is 7. The van der Waals surface area contributed by atoms with E-state index >= 15 is 0 Å². The van der Waals surface area contributed by atoms with Gasteiger partial charge in [0.05, 0.1) is 4.90 Å². The van der Waals surface area contributed by atoms with E-state index in [4.69, 9.17) is 0 Å². The maximum Gasteiger partial charge on any atom is 0.242 e. The third kappa shape index (κ3) is 4.44. The largest absolute Gasteiger partial charge is 0.310 e. The topological polar surface area (TPSA) is 49.4 Å². The van der Waals surface area contributed by atoms with Gasteiger partial charge >= 0.3 is 0 Å².